The summed E-state index contributed by atoms with van der Waals surface area (Å²) in [5.74, 6) is 1.39. The van der Waals surface area contributed by atoms with Crippen LogP contribution >= 0.6 is 11.8 Å². The van der Waals surface area contributed by atoms with Crippen molar-refractivity contribution >= 4 is 11.8 Å². The SMILES string of the molecule is CCN(CC)CCSCc1ccc(C#N)cc1F. The van der Waals surface area contributed by atoms with Crippen molar-refractivity contribution in [2.75, 3.05) is 25.4 Å². The van der Waals surface area contributed by atoms with Crippen molar-refractivity contribution in [1.82, 2.24) is 4.90 Å². The number of benzene rings is 1. The van der Waals surface area contributed by atoms with E-state index in [1.165, 1.54) is 6.07 Å². The molecule has 0 unspecified atom stereocenters. The lowest BCUT2D eigenvalue weighted by atomic mass is 10.1. The Morgan fingerprint density at radius 1 is 1.33 bits per heavy atom. The van der Waals surface area contributed by atoms with Crippen molar-refractivity contribution < 1.29 is 4.39 Å². The van der Waals surface area contributed by atoms with Crippen LogP contribution in [0.25, 0.3) is 0 Å². The Balaban J connectivity index is 2.38. The van der Waals surface area contributed by atoms with Crippen LogP contribution in [0.15, 0.2) is 18.2 Å². The molecular weight excluding hydrogens is 247 g/mol. The molecule has 18 heavy (non-hydrogen) atoms. The molecule has 0 bridgehead atoms. The summed E-state index contributed by atoms with van der Waals surface area (Å²) in [5.41, 5.74) is 1.06. The zero-order chi connectivity index (χ0) is 13.4. The third-order valence-corrected chi connectivity index (χ3v) is 3.87. The van der Waals surface area contributed by atoms with Gasteiger partial charge in [0.2, 0.25) is 0 Å². The Kier molecular flexibility index (Phi) is 6.77. The topological polar surface area (TPSA) is 27.0 Å². The molecule has 0 spiro atoms. The van der Waals surface area contributed by atoms with E-state index in [1.54, 1.807) is 23.9 Å². The summed E-state index contributed by atoms with van der Waals surface area (Å²) in [7, 11) is 0. The Hall–Kier alpha value is -1.05. The van der Waals surface area contributed by atoms with Crippen LogP contribution in [-0.4, -0.2) is 30.3 Å². The highest BCUT2D eigenvalue weighted by molar-refractivity contribution is 7.98. The van der Waals surface area contributed by atoms with Gasteiger partial charge in [-0.15, -0.1) is 0 Å². The number of thioether (sulfide) groups is 1. The monoisotopic (exact) mass is 266 g/mol. The maximum absolute atomic E-state index is 13.6. The number of halogens is 1. The maximum atomic E-state index is 13.6. The molecule has 2 nitrogen and oxygen atoms in total. The van der Waals surface area contributed by atoms with Gasteiger partial charge in [0.15, 0.2) is 0 Å². The van der Waals surface area contributed by atoms with Crippen LogP contribution in [-0.2, 0) is 5.75 Å². The minimum absolute atomic E-state index is 0.274. The first-order chi connectivity index (χ1) is 8.71. The van der Waals surface area contributed by atoms with Crippen molar-refractivity contribution in [2.45, 2.75) is 19.6 Å². The summed E-state index contributed by atoms with van der Waals surface area (Å²) in [5, 5.41) is 8.66. The van der Waals surface area contributed by atoms with Crippen molar-refractivity contribution in [3.8, 4) is 6.07 Å². The molecule has 0 fully saturated rings. The van der Waals surface area contributed by atoms with Gasteiger partial charge in [0, 0.05) is 18.1 Å². The number of nitrogens with zero attached hydrogens (tertiary/aromatic N) is 2. The Bertz CT molecular complexity index is 411. The fourth-order valence-electron chi connectivity index (χ4n) is 1.65. The summed E-state index contributed by atoms with van der Waals surface area (Å²) in [6, 6.07) is 6.62. The third kappa shape index (κ3) is 4.67. The second kappa shape index (κ2) is 8.12. The molecule has 0 aromatic heterocycles. The van der Waals surface area contributed by atoms with E-state index in [2.05, 4.69) is 18.7 Å². The van der Waals surface area contributed by atoms with Crippen LogP contribution in [0.4, 0.5) is 4.39 Å². The lowest BCUT2D eigenvalue weighted by Gasteiger charge is -2.17. The molecule has 0 aliphatic heterocycles. The fourth-order valence-corrected chi connectivity index (χ4v) is 2.64. The first-order valence-electron chi connectivity index (χ1n) is 6.19. The molecule has 0 heterocycles. The molecule has 1 rings (SSSR count). The first kappa shape index (κ1) is 15.0. The highest BCUT2D eigenvalue weighted by Gasteiger charge is 2.04. The van der Waals surface area contributed by atoms with Gasteiger partial charge < -0.3 is 4.90 Å². The van der Waals surface area contributed by atoms with E-state index in [0.717, 1.165) is 25.4 Å². The highest BCUT2D eigenvalue weighted by Crippen LogP contribution is 2.17. The Morgan fingerprint density at radius 2 is 2.06 bits per heavy atom. The number of hydrogen-bond donors (Lipinski definition) is 0. The van der Waals surface area contributed by atoms with E-state index in [-0.39, 0.29) is 5.82 Å². The molecule has 0 radical (unpaired) electrons. The maximum Gasteiger partial charge on any atom is 0.128 e. The summed E-state index contributed by atoms with van der Waals surface area (Å²) in [4.78, 5) is 2.35. The van der Waals surface area contributed by atoms with Crippen LogP contribution in [0.1, 0.15) is 25.0 Å². The molecule has 0 amide bonds. The molecule has 0 saturated carbocycles. The summed E-state index contributed by atoms with van der Waals surface area (Å²) in [6.45, 7) is 7.45. The smallest absolute Gasteiger partial charge is 0.128 e. The second-order valence-corrected chi connectivity index (χ2v) is 5.10. The van der Waals surface area contributed by atoms with Gasteiger partial charge in [-0.3, -0.25) is 0 Å². The second-order valence-electron chi connectivity index (χ2n) is 4.00. The minimum Gasteiger partial charge on any atom is -0.303 e. The van der Waals surface area contributed by atoms with Crippen LogP contribution in [0, 0.1) is 17.1 Å². The van der Waals surface area contributed by atoms with E-state index >= 15 is 0 Å². The van der Waals surface area contributed by atoms with E-state index < -0.39 is 0 Å². The van der Waals surface area contributed by atoms with E-state index in [9.17, 15) is 4.39 Å². The zero-order valence-corrected chi connectivity index (χ0v) is 11.8. The predicted octanol–water partition coefficient (Wildman–Crippen LogP) is 3.27. The van der Waals surface area contributed by atoms with Gasteiger partial charge in [-0.05, 0) is 30.8 Å². The summed E-state index contributed by atoms with van der Waals surface area (Å²) >= 11 is 1.73. The van der Waals surface area contributed by atoms with Crippen LogP contribution < -0.4 is 0 Å². The lowest BCUT2D eigenvalue weighted by molar-refractivity contribution is 0.324. The van der Waals surface area contributed by atoms with Gasteiger partial charge in [0.05, 0.1) is 11.6 Å². The molecule has 0 saturated heterocycles. The van der Waals surface area contributed by atoms with Crippen LogP contribution in [0.3, 0.4) is 0 Å². The van der Waals surface area contributed by atoms with Crippen molar-refractivity contribution in [3.05, 3.63) is 35.1 Å². The van der Waals surface area contributed by atoms with Gasteiger partial charge in [-0.1, -0.05) is 19.9 Å². The third-order valence-electron chi connectivity index (χ3n) is 2.89. The van der Waals surface area contributed by atoms with Crippen molar-refractivity contribution in [3.63, 3.8) is 0 Å². The van der Waals surface area contributed by atoms with Gasteiger partial charge in [-0.25, -0.2) is 4.39 Å². The highest BCUT2D eigenvalue weighted by atomic mass is 32.2. The molecule has 98 valence electrons. The molecular formula is C14H19FN2S. The Labute approximate surface area is 113 Å². The van der Waals surface area contributed by atoms with Crippen molar-refractivity contribution in [2.24, 2.45) is 0 Å². The molecule has 1 aromatic carbocycles. The van der Waals surface area contributed by atoms with Gasteiger partial charge in [0.1, 0.15) is 5.82 Å². The standard InChI is InChI=1S/C14H19FN2S/c1-3-17(4-2)7-8-18-11-13-6-5-12(10-16)9-14(13)15/h5-6,9H,3-4,7-8,11H2,1-2H3. The fraction of sp³-hybridized carbons (Fsp3) is 0.500. The molecule has 0 atom stereocenters. The minimum atomic E-state index is -0.274. The average Bonchev–Trinajstić information content (AvgIpc) is 2.40. The molecule has 0 N–H and O–H groups in total. The quantitative estimate of drug-likeness (QED) is 0.709. The molecule has 0 aliphatic rings. The first-order valence-corrected chi connectivity index (χ1v) is 7.35. The Morgan fingerprint density at radius 3 is 2.61 bits per heavy atom. The molecule has 1 aromatic rings. The van der Waals surface area contributed by atoms with E-state index in [1.807, 2.05) is 6.07 Å². The number of hydrogen-bond acceptors (Lipinski definition) is 3. The number of nitriles is 1. The molecule has 4 heteroatoms. The van der Waals surface area contributed by atoms with Crippen LogP contribution in [0.5, 0.6) is 0 Å². The zero-order valence-electron chi connectivity index (χ0n) is 10.9. The lowest BCUT2D eigenvalue weighted by Crippen LogP contribution is -2.25. The summed E-state index contributed by atoms with van der Waals surface area (Å²) < 4.78 is 13.6. The normalized spacial score (nSPS) is 10.6. The van der Waals surface area contributed by atoms with E-state index in [0.29, 0.717) is 16.9 Å². The predicted molar refractivity (Wildman–Crippen MR) is 75.1 cm³/mol. The largest absolute Gasteiger partial charge is 0.303 e. The number of rotatable bonds is 7. The van der Waals surface area contributed by atoms with Gasteiger partial charge in [-0.2, -0.15) is 17.0 Å². The average molecular weight is 266 g/mol. The van der Waals surface area contributed by atoms with E-state index in [4.69, 9.17) is 5.26 Å². The summed E-state index contributed by atoms with van der Waals surface area (Å²) in [6.07, 6.45) is 0. The van der Waals surface area contributed by atoms with Gasteiger partial charge in [0.25, 0.3) is 0 Å². The van der Waals surface area contributed by atoms with Crippen molar-refractivity contribution in [1.29, 1.82) is 5.26 Å². The molecule has 0 aliphatic carbocycles. The van der Waals surface area contributed by atoms with Gasteiger partial charge >= 0.3 is 0 Å². The van der Waals surface area contributed by atoms with Crippen LogP contribution in [0.2, 0.25) is 0 Å².